The van der Waals surface area contributed by atoms with Gasteiger partial charge in [-0.1, -0.05) is 0 Å². The van der Waals surface area contributed by atoms with Gasteiger partial charge < -0.3 is 9.55 Å². The molecule has 0 radical (unpaired) electrons. The van der Waals surface area contributed by atoms with E-state index in [9.17, 15) is 14.0 Å². The number of H-pyrrole nitrogens is 1. The minimum Gasteiger partial charge on any atom is -0.357 e. The summed E-state index contributed by atoms with van der Waals surface area (Å²) in [6, 6.07) is 2.77. The number of aromatic amines is 1. The Labute approximate surface area is 77.6 Å². The monoisotopic (exact) mass is 194 g/mol. The largest absolute Gasteiger partial charge is 0.357 e. The third-order valence-electron chi connectivity index (χ3n) is 2.10. The zero-order chi connectivity index (χ0) is 10.3. The van der Waals surface area contributed by atoms with Crippen molar-refractivity contribution in [2.45, 2.75) is 0 Å². The van der Waals surface area contributed by atoms with Gasteiger partial charge in [-0.3, -0.25) is 9.59 Å². The van der Waals surface area contributed by atoms with E-state index in [4.69, 9.17) is 0 Å². The van der Waals surface area contributed by atoms with Crippen LogP contribution in [0.15, 0.2) is 27.9 Å². The first-order chi connectivity index (χ1) is 6.61. The molecule has 2 aromatic heterocycles. The zero-order valence-electron chi connectivity index (χ0n) is 7.37. The highest BCUT2D eigenvalue weighted by Gasteiger charge is 2.07. The lowest BCUT2D eigenvalue weighted by Crippen LogP contribution is -2.22. The minimum absolute atomic E-state index is 0.0532. The molecule has 2 rings (SSSR count). The van der Waals surface area contributed by atoms with Gasteiger partial charge in [-0.05, 0) is 6.07 Å². The molecule has 5 heteroatoms. The normalized spacial score (nSPS) is 10.7. The van der Waals surface area contributed by atoms with Gasteiger partial charge in [0.15, 0.2) is 5.82 Å². The number of rotatable bonds is 0. The molecule has 2 aromatic rings. The Morgan fingerprint density at radius 2 is 2.07 bits per heavy atom. The predicted molar refractivity (Wildman–Crippen MR) is 49.8 cm³/mol. The second-order valence-electron chi connectivity index (χ2n) is 2.96. The lowest BCUT2D eigenvalue weighted by atomic mass is 10.3. The molecule has 72 valence electrons. The van der Waals surface area contributed by atoms with Crippen LogP contribution in [0.1, 0.15) is 0 Å². The van der Waals surface area contributed by atoms with Crippen molar-refractivity contribution >= 4 is 11.0 Å². The summed E-state index contributed by atoms with van der Waals surface area (Å²) in [4.78, 5) is 25.1. The fourth-order valence-electron chi connectivity index (χ4n) is 1.35. The van der Waals surface area contributed by atoms with Crippen LogP contribution in [-0.4, -0.2) is 9.55 Å². The predicted octanol–water partition coefficient (Wildman–Crippen LogP) is 0.366. The van der Waals surface area contributed by atoms with E-state index in [-0.39, 0.29) is 11.1 Å². The average molecular weight is 194 g/mol. The van der Waals surface area contributed by atoms with Crippen LogP contribution in [-0.2, 0) is 7.05 Å². The van der Waals surface area contributed by atoms with Crippen molar-refractivity contribution in [3.05, 3.63) is 44.7 Å². The van der Waals surface area contributed by atoms with Gasteiger partial charge >= 0.3 is 0 Å². The Morgan fingerprint density at radius 3 is 2.79 bits per heavy atom. The van der Waals surface area contributed by atoms with Crippen molar-refractivity contribution < 1.29 is 4.39 Å². The van der Waals surface area contributed by atoms with Gasteiger partial charge in [0.2, 0.25) is 5.43 Å². The fourth-order valence-corrected chi connectivity index (χ4v) is 1.35. The van der Waals surface area contributed by atoms with Crippen LogP contribution in [0.2, 0.25) is 0 Å². The number of aromatic nitrogens is 2. The van der Waals surface area contributed by atoms with Crippen LogP contribution in [0.25, 0.3) is 11.0 Å². The maximum absolute atomic E-state index is 12.9. The summed E-state index contributed by atoms with van der Waals surface area (Å²) in [5.41, 5.74) is -0.608. The molecule has 0 saturated carbocycles. The van der Waals surface area contributed by atoms with Gasteiger partial charge in [-0.25, -0.2) is 4.39 Å². The molecule has 1 N–H and O–H groups in total. The molecule has 0 atom stereocenters. The SMILES string of the molecule is Cn1c(=O)ccc2[nH]cc(F)c(=O)c21. The number of aryl methyl sites for hydroxylation is 1. The van der Waals surface area contributed by atoms with Gasteiger partial charge in [-0.2, -0.15) is 0 Å². The van der Waals surface area contributed by atoms with Gasteiger partial charge in [0.1, 0.15) is 5.52 Å². The number of halogens is 1. The van der Waals surface area contributed by atoms with E-state index in [2.05, 4.69) is 4.98 Å². The second kappa shape index (κ2) is 2.80. The Hall–Kier alpha value is -1.91. The van der Waals surface area contributed by atoms with E-state index in [1.807, 2.05) is 0 Å². The standard InChI is InChI=1S/C9H7FN2O2/c1-12-7(13)3-2-6-8(12)9(14)5(10)4-11-6/h2-4H,1H3,(H,11,14). The molecule has 0 aromatic carbocycles. The summed E-state index contributed by atoms with van der Waals surface area (Å²) in [7, 11) is 1.43. The minimum atomic E-state index is -0.890. The van der Waals surface area contributed by atoms with E-state index in [1.165, 1.54) is 19.2 Å². The van der Waals surface area contributed by atoms with Crippen LogP contribution in [0.3, 0.4) is 0 Å². The van der Waals surface area contributed by atoms with Crippen LogP contribution in [0.4, 0.5) is 4.39 Å². The molecule has 0 fully saturated rings. The lowest BCUT2D eigenvalue weighted by molar-refractivity contribution is 0.612. The Bertz CT molecular complexity index is 612. The Balaban J connectivity index is 3.14. The molecule has 0 saturated heterocycles. The third kappa shape index (κ3) is 1.06. The molecule has 0 spiro atoms. The third-order valence-corrected chi connectivity index (χ3v) is 2.10. The second-order valence-corrected chi connectivity index (χ2v) is 2.96. The number of hydrogen-bond acceptors (Lipinski definition) is 2. The fraction of sp³-hybridized carbons (Fsp3) is 0.111. The zero-order valence-corrected chi connectivity index (χ0v) is 7.37. The molecule has 0 aliphatic rings. The van der Waals surface area contributed by atoms with Crippen LogP contribution in [0, 0.1) is 5.82 Å². The molecule has 0 aliphatic carbocycles. The van der Waals surface area contributed by atoms with Crippen molar-refractivity contribution in [3.8, 4) is 0 Å². The van der Waals surface area contributed by atoms with Crippen LogP contribution >= 0.6 is 0 Å². The van der Waals surface area contributed by atoms with E-state index < -0.39 is 11.2 Å². The molecule has 0 amide bonds. The van der Waals surface area contributed by atoms with Crippen molar-refractivity contribution in [2.24, 2.45) is 7.05 Å². The number of nitrogens with one attached hydrogen (secondary N) is 1. The summed E-state index contributed by atoms with van der Waals surface area (Å²) in [6.07, 6.45) is 0.981. The molecule has 4 nitrogen and oxygen atoms in total. The highest BCUT2D eigenvalue weighted by atomic mass is 19.1. The molecule has 0 aliphatic heterocycles. The van der Waals surface area contributed by atoms with Gasteiger partial charge in [0, 0.05) is 19.3 Å². The Kier molecular flexibility index (Phi) is 1.73. The maximum Gasteiger partial charge on any atom is 0.250 e. The molecular weight excluding hydrogens is 187 g/mol. The molecular formula is C9H7FN2O2. The number of nitrogens with zero attached hydrogens (tertiary/aromatic N) is 1. The smallest absolute Gasteiger partial charge is 0.250 e. The molecule has 0 unspecified atom stereocenters. The van der Waals surface area contributed by atoms with Crippen molar-refractivity contribution in [1.82, 2.24) is 9.55 Å². The quantitative estimate of drug-likeness (QED) is 0.658. The topological polar surface area (TPSA) is 54.9 Å². The highest BCUT2D eigenvalue weighted by Crippen LogP contribution is 2.02. The number of hydrogen-bond donors (Lipinski definition) is 1. The molecule has 0 bridgehead atoms. The van der Waals surface area contributed by atoms with Gasteiger partial charge in [0.05, 0.1) is 5.52 Å². The first kappa shape index (κ1) is 8.68. The average Bonchev–Trinajstić information content (AvgIpc) is 2.17. The van der Waals surface area contributed by atoms with E-state index in [1.54, 1.807) is 0 Å². The van der Waals surface area contributed by atoms with E-state index in [0.29, 0.717) is 5.52 Å². The van der Waals surface area contributed by atoms with Crippen molar-refractivity contribution in [3.63, 3.8) is 0 Å². The van der Waals surface area contributed by atoms with Crippen LogP contribution in [0.5, 0.6) is 0 Å². The van der Waals surface area contributed by atoms with Crippen LogP contribution < -0.4 is 11.0 Å². The number of pyridine rings is 2. The van der Waals surface area contributed by atoms with E-state index >= 15 is 0 Å². The van der Waals surface area contributed by atoms with Gasteiger partial charge in [0.25, 0.3) is 5.56 Å². The van der Waals surface area contributed by atoms with Crippen molar-refractivity contribution in [2.75, 3.05) is 0 Å². The first-order valence-corrected chi connectivity index (χ1v) is 3.98. The number of fused-ring (bicyclic) bond motifs is 1. The molecule has 14 heavy (non-hydrogen) atoms. The van der Waals surface area contributed by atoms with Gasteiger partial charge in [-0.15, -0.1) is 0 Å². The highest BCUT2D eigenvalue weighted by molar-refractivity contribution is 5.73. The van der Waals surface area contributed by atoms with E-state index in [0.717, 1.165) is 10.8 Å². The summed E-state index contributed by atoms with van der Waals surface area (Å²) in [6.45, 7) is 0. The van der Waals surface area contributed by atoms with Crippen molar-refractivity contribution in [1.29, 1.82) is 0 Å². The summed E-state index contributed by atoms with van der Waals surface area (Å²) in [5, 5.41) is 0. The summed E-state index contributed by atoms with van der Waals surface area (Å²) < 4.78 is 14.0. The lowest BCUT2D eigenvalue weighted by Gasteiger charge is -2.02. The Morgan fingerprint density at radius 1 is 1.36 bits per heavy atom. The first-order valence-electron chi connectivity index (χ1n) is 3.98. The molecule has 2 heterocycles. The maximum atomic E-state index is 12.9. The summed E-state index contributed by atoms with van der Waals surface area (Å²) in [5.74, 6) is -0.890. The summed E-state index contributed by atoms with van der Waals surface area (Å²) >= 11 is 0.